The SMILES string of the molecule is CCCNCC1(Cc2ccccc2Cl)CCOC1C1CC1. The molecule has 0 spiro atoms. The van der Waals surface area contributed by atoms with Gasteiger partial charge in [-0.1, -0.05) is 36.7 Å². The highest BCUT2D eigenvalue weighted by Crippen LogP contribution is 2.49. The zero-order valence-corrected chi connectivity index (χ0v) is 13.7. The van der Waals surface area contributed by atoms with Crippen molar-refractivity contribution in [1.82, 2.24) is 5.32 Å². The van der Waals surface area contributed by atoms with Crippen LogP contribution in [-0.4, -0.2) is 25.8 Å². The monoisotopic (exact) mass is 307 g/mol. The molecule has 2 atom stereocenters. The molecule has 1 aliphatic carbocycles. The summed E-state index contributed by atoms with van der Waals surface area (Å²) >= 11 is 6.41. The predicted molar refractivity (Wildman–Crippen MR) is 87.8 cm³/mol. The van der Waals surface area contributed by atoms with Gasteiger partial charge in [-0.3, -0.25) is 0 Å². The Hall–Kier alpha value is -0.570. The van der Waals surface area contributed by atoms with E-state index in [1.807, 2.05) is 12.1 Å². The Morgan fingerprint density at radius 1 is 1.33 bits per heavy atom. The second-order valence-electron chi connectivity index (χ2n) is 6.69. The maximum Gasteiger partial charge on any atom is 0.0675 e. The normalized spacial score (nSPS) is 29.0. The third-order valence-electron chi connectivity index (χ3n) is 4.96. The summed E-state index contributed by atoms with van der Waals surface area (Å²) in [6, 6.07) is 8.28. The second-order valence-corrected chi connectivity index (χ2v) is 7.09. The van der Waals surface area contributed by atoms with Crippen LogP contribution < -0.4 is 5.32 Å². The Balaban J connectivity index is 1.79. The summed E-state index contributed by atoms with van der Waals surface area (Å²) in [5.74, 6) is 0.776. The molecule has 2 nitrogen and oxygen atoms in total. The van der Waals surface area contributed by atoms with E-state index in [-0.39, 0.29) is 5.41 Å². The number of ether oxygens (including phenoxy) is 1. The summed E-state index contributed by atoms with van der Waals surface area (Å²) in [5, 5.41) is 4.54. The lowest BCUT2D eigenvalue weighted by molar-refractivity contribution is 0.0307. The lowest BCUT2D eigenvalue weighted by atomic mass is 9.74. The van der Waals surface area contributed by atoms with Gasteiger partial charge in [0.05, 0.1) is 6.10 Å². The molecule has 0 amide bonds. The molecule has 2 aliphatic rings. The molecule has 1 heterocycles. The molecule has 21 heavy (non-hydrogen) atoms. The van der Waals surface area contributed by atoms with E-state index in [0.717, 1.165) is 43.5 Å². The lowest BCUT2D eigenvalue weighted by Gasteiger charge is -2.35. The number of hydrogen-bond acceptors (Lipinski definition) is 2. The third-order valence-corrected chi connectivity index (χ3v) is 5.32. The van der Waals surface area contributed by atoms with Crippen molar-refractivity contribution in [2.75, 3.05) is 19.7 Å². The summed E-state index contributed by atoms with van der Waals surface area (Å²) in [7, 11) is 0. The van der Waals surface area contributed by atoms with Crippen LogP contribution in [0.3, 0.4) is 0 Å². The summed E-state index contributed by atoms with van der Waals surface area (Å²) in [6.45, 7) is 5.26. The highest BCUT2D eigenvalue weighted by Gasteiger charge is 2.50. The third kappa shape index (κ3) is 3.44. The number of nitrogens with one attached hydrogen (secondary N) is 1. The van der Waals surface area contributed by atoms with Gasteiger partial charge >= 0.3 is 0 Å². The van der Waals surface area contributed by atoms with Crippen molar-refractivity contribution in [3.05, 3.63) is 34.9 Å². The molecule has 1 aliphatic heterocycles. The quantitative estimate of drug-likeness (QED) is 0.767. The topological polar surface area (TPSA) is 21.3 Å². The van der Waals surface area contributed by atoms with Crippen molar-refractivity contribution in [2.24, 2.45) is 11.3 Å². The van der Waals surface area contributed by atoms with Crippen LogP contribution in [0.4, 0.5) is 0 Å². The molecule has 1 aromatic rings. The summed E-state index contributed by atoms with van der Waals surface area (Å²) in [5.41, 5.74) is 1.50. The number of hydrogen-bond donors (Lipinski definition) is 1. The van der Waals surface area contributed by atoms with Gasteiger partial charge < -0.3 is 10.1 Å². The van der Waals surface area contributed by atoms with Crippen molar-refractivity contribution < 1.29 is 4.74 Å². The van der Waals surface area contributed by atoms with Crippen molar-refractivity contribution in [3.63, 3.8) is 0 Å². The molecule has 1 aromatic carbocycles. The molecule has 3 rings (SSSR count). The Kier molecular flexibility index (Phi) is 4.88. The molecule has 3 heteroatoms. The van der Waals surface area contributed by atoms with E-state index in [2.05, 4.69) is 24.4 Å². The summed E-state index contributed by atoms with van der Waals surface area (Å²) < 4.78 is 6.15. The molecule has 0 aromatic heterocycles. The number of halogens is 1. The van der Waals surface area contributed by atoms with Gasteiger partial charge in [-0.25, -0.2) is 0 Å². The fourth-order valence-electron chi connectivity index (χ4n) is 3.72. The van der Waals surface area contributed by atoms with Crippen LogP contribution in [0.15, 0.2) is 24.3 Å². The Morgan fingerprint density at radius 3 is 2.86 bits per heavy atom. The van der Waals surface area contributed by atoms with Gasteiger partial charge in [-0.2, -0.15) is 0 Å². The standard InChI is InChI=1S/C18H26ClNO/c1-2-10-20-13-18(9-11-21-17(18)14-7-8-14)12-15-5-3-4-6-16(15)19/h3-6,14,17,20H,2,7-13H2,1H3. The number of rotatable bonds is 7. The minimum Gasteiger partial charge on any atom is -0.377 e. The van der Waals surface area contributed by atoms with Gasteiger partial charge in [0.15, 0.2) is 0 Å². The molecule has 1 N–H and O–H groups in total. The van der Waals surface area contributed by atoms with Crippen molar-refractivity contribution in [3.8, 4) is 0 Å². The van der Waals surface area contributed by atoms with Crippen LogP contribution in [-0.2, 0) is 11.2 Å². The molecule has 0 bridgehead atoms. The van der Waals surface area contributed by atoms with E-state index in [4.69, 9.17) is 16.3 Å². The second kappa shape index (κ2) is 6.68. The highest BCUT2D eigenvalue weighted by molar-refractivity contribution is 6.31. The van der Waals surface area contributed by atoms with Gasteiger partial charge in [0.1, 0.15) is 0 Å². The first-order chi connectivity index (χ1) is 10.2. The highest BCUT2D eigenvalue weighted by atomic mass is 35.5. The summed E-state index contributed by atoms with van der Waals surface area (Å²) in [6.07, 6.45) is 6.45. The van der Waals surface area contributed by atoms with E-state index >= 15 is 0 Å². The molecule has 1 saturated heterocycles. The fraction of sp³-hybridized carbons (Fsp3) is 0.667. The molecule has 0 radical (unpaired) electrons. The van der Waals surface area contributed by atoms with Gasteiger partial charge in [0, 0.05) is 23.6 Å². The maximum absolute atomic E-state index is 6.41. The van der Waals surface area contributed by atoms with Gasteiger partial charge in [0.2, 0.25) is 0 Å². The van der Waals surface area contributed by atoms with Gasteiger partial charge in [-0.05, 0) is 56.2 Å². The average molecular weight is 308 g/mol. The molecule has 116 valence electrons. The zero-order chi connectivity index (χ0) is 14.7. The largest absolute Gasteiger partial charge is 0.377 e. The first-order valence-electron chi connectivity index (χ1n) is 8.31. The van der Waals surface area contributed by atoms with E-state index in [0.29, 0.717) is 6.10 Å². The van der Waals surface area contributed by atoms with Gasteiger partial charge in [-0.15, -0.1) is 0 Å². The Morgan fingerprint density at radius 2 is 2.14 bits per heavy atom. The van der Waals surface area contributed by atoms with Crippen LogP contribution >= 0.6 is 11.6 Å². The smallest absolute Gasteiger partial charge is 0.0675 e. The van der Waals surface area contributed by atoms with E-state index < -0.39 is 0 Å². The molecular formula is C18H26ClNO. The first kappa shape index (κ1) is 15.3. The molecular weight excluding hydrogens is 282 g/mol. The minimum absolute atomic E-state index is 0.224. The van der Waals surface area contributed by atoms with Gasteiger partial charge in [0.25, 0.3) is 0 Å². The van der Waals surface area contributed by atoms with Crippen LogP contribution in [0, 0.1) is 11.3 Å². The van der Waals surface area contributed by atoms with E-state index in [1.165, 1.54) is 24.8 Å². The van der Waals surface area contributed by atoms with E-state index in [9.17, 15) is 0 Å². The molecule has 1 saturated carbocycles. The first-order valence-corrected chi connectivity index (χ1v) is 8.69. The molecule has 2 unspecified atom stereocenters. The Bertz CT molecular complexity index is 474. The zero-order valence-electron chi connectivity index (χ0n) is 12.9. The van der Waals surface area contributed by atoms with Crippen LogP contribution in [0.5, 0.6) is 0 Å². The predicted octanol–water partition coefficient (Wildman–Crippen LogP) is 4.07. The van der Waals surface area contributed by atoms with Crippen molar-refractivity contribution in [1.29, 1.82) is 0 Å². The van der Waals surface area contributed by atoms with Crippen molar-refractivity contribution in [2.45, 2.75) is 45.1 Å². The minimum atomic E-state index is 0.224. The van der Waals surface area contributed by atoms with Crippen LogP contribution in [0.2, 0.25) is 5.02 Å². The van der Waals surface area contributed by atoms with E-state index in [1.54, 1.807) is 0 Å². The Labute approximate surface area is 133 Å². The van der Waals surface area contributed by atoms with Crippen LogP contribution in [0.1, 0.15) is 38.2 Å². The number of benzene rings is 1. The lowest BCUT2D eigenvalue weighted by Crippen LogP contribution is -2.43. The molecule has 2 fully saturated rings. The average Bonchev–Trinajstić information content (AvgIpc) is 3.24. The van der Waals surface area contributed by atoms with Crippen LogP contribution in [0.25, 0.3) is 0 Å². The summed E-state index contributed by atoms with van der Waals surface area (Å²) in [4.78, 5) is 0. The van der Waals surface area contributed by atoms with Crippen molar-refractivity contribution >= 4 is 11.6 Å². The fourth-order valence-corrected chi connectivity index (χ4v) is 3.92. The maximum atomic E-state index is 6.41.